The van der Waals surface area contributed by atoms with Gasteiger partial charge < -0.3 is 25.4 Å². The number of hydrogen-bond donors (Lipinski definition) is 4. The lowest BCUT2D eigenvalue weighted by Gasteiger charge is -2.18. The average Bonchev–Trinajstić information content (AvgIpc) is 2.66. The number of nitrogens with one attached hydrogen (secondary N) is 2. The third-order valence-electron chi connectivity index (χ3n) is 4.50. The van der Waals surface area contributed by atoms with Crippen LogP contribution in [0.2, 0.25) is 0 Å². The smallest absolute Gasteiger partial charge is 0.194 e. The molecule has 148 valence electrons. The molecule has 0 aliphatic rings. The summed E-state index contributed by atoms with van der Waals surface area (Å²) in [7, 11) is 0. The number of aliphatic hydroxyl groups excluding tert-OH is 1. The fraction of sp³-hybridized carbons (Fsp3) is 0.429. The van der Waals surface area contributed by atoms with Gasteiger partial charge in [-0.25, -0.2) is 0 Å². The topological polar surface area (TPSA) is 87.6 Å². The van der Waals surface area contributed by atoms with Crippen LogP contribution in [0.25, 0.3) is 0 Å². The molecule has 0 saturated carbocycles. The number of benzene rings is 2. The summed E-state index contributed by atoms with van der Waals surface area (Å²) in [6.45, 7) is 3.48. The van der Waals surface area contributed by atoms with Crippen LogP contribution in [0.1, 0.15) is 37.9 Å². The van der Waals surface area contributed by atoms with E-state index in [0.29, 0.717) is 23.0 Å². The van der Waals surface area contributed by atoms with Gasteiger partial charge in [0.2, 0.25) is 0 Å². The monoisotopic (exact) mass is 390 g/mol. The van der Waals surface area contributed by atoms with Crippen molar-refractivity contribution < 1.29 is 14.8 Å². The van der Waals surface area contributed by atoms with E-state index in [1.54, 1.807) is 12.1 Å². The molecule has 2 aromatic rings. The summed E-state index contributed by atoms with van der Waals surface area (Å²) in [5.41, 5.74) is 1.80. The number of hydrogen-bond acceptors (Lipinski definition) is 5. The summed E-state index contributed by atoms with van der Waals surface area (Å²) in [5.74, 6) is -0.00257. The minimum absolute atomic E-state index is 0.00257. The lowest BCUT2D eigenvalue weighted by Crippen LogP contribution is -2.30. The maximum absolute atomic E-state index is 11.6. The number of rotatable bonds is 11. The van der Waals surface area contributed by atoms with E-state index >= 15 is 0 Å². The first kappa shape index (κ1) is 21.6. The maximum Gasteiger partial charge on any atom is 0.194 e. The Morgan fingerprint density at radius 2 is 1.85 bits per heavy atom. The van der Waals surface area contributed by atoms with E-state index < -0.39 is 17.3 Å². The molecule has 4 N–H and O–H groups in total. The molecule has 3 unspecified atom stereocenters. The van der Waals surface area contributed by atoms with Crippen LogP contribution < -0.4 is 10.6 Å². The molecule has 3 atom stereocenters. The molecule has 0 aliphatic heterocycles. The molecule has 5 nitrogen and oxygen atoms in total. The first-order valence-electron chi connectivity index (χ1n) is 9.34. The zero-order chi connectivity index (χ0) is 19.6. The second-order valence-corrected chi connectivity index (χ2v) is 8.14. The van der Waals surface area contributed by atoms with Crippen molar-refractivity contribution in [3.8, 4) is 5.75 Å². The van der Waals surface area contributed by atoms with E-state index in [2.05, 4.69) is 29.7 Å². The van der Waals surface area contributed by atoms with E-state index in [0.717, 1.165) is 31.5 Å². The molecule has 0 bridgehead atoms. The van der Waals surface area contributed by atoms with E-state index in [4.69, 9.17) is 0 Å². The van der Waals surface area contributed by atoms with E-state index in [9.17, 15) is 14.8 Å². The highest BCUT2D eigenvalue weighted by molar-refractivity contribution is 7.90. The molecule has 2 aromatic carbocycles. The lowest BCUT2D eigenvalue weighted by molar-refractivity contribution is 0.169. The number of unbranched alkanes of at least 4 members (excludes halogenated alkanes) is 1. The molecule has 0 heterocycles. The summed E-state index contributed by atoms with van der Waals surface area (Å²) in [5, 5.41) is 26.8. The van der Waals surface area contributed by atoms with Crippen molar-refractivity contribution in [2.24, 2.45) is 0 Å². The van der Waals surface area contributed by atoms with Gasteiger partial charge in [-0.2, -0.15) is 0 Å². The molecule has 0 aliphatic carbocycles. The minimum Gasteiger partial charge on any atom is -0.612 e. The number of aliphatic hydroxyl groups is 1. The summed E-state index contributed by atoms with van der Waals surface area (Å²) in [6.07, 6.45) is 4.03. The summed E-state index contributed by atoms with van der Waals surface area (Å²) in [4.78, 5) is 0.352. The lowest BCUT2D eigenvalue weighted by atomic mass is 10.1. The number of aromatic hydroxyl groups is 1. The van der Waals surface area contributed by atoms with Gasteiger partial charge in [0.05, 0.1) is 6.10 Å². The molecule has 0 radical (unpaired) electrons. The van der Waals surface area contributed by atoms with Crippen LogP contribution in [0.4, 0.5) is 5.69 Å². The molecular formula is C21H30N2O3S. The fourth-order valence-electron chi connectivity index (χ4n) is 2.87. The summed E-state index contributed by atoms with van der Waals surface area (Å²) < 4.78 is 11.6. The minimum atomic E-state index is -1.29. The second-order valence-electron chi connectivity index (χ2n) is 6.79. The van der Waals surface area contributed by atoms with Crippen LogP contribution in [0.15, 0.2) is 53.4 Å². The van der Waals surface area contributed by atoms with Crippen LogP contribution in [-0.4, -0.2) is 40.2 Å². The van der Waals surface area contributed by atoms with Gasteiger partial charge in [-0.05, 0) is 54.7 Å². The quantitative estimate of drug-likeness (QED) is 0.349. The third-order valence-corrected chi connectivity index (χ3v) is 5.45. The standard InChI is InChI=1S/C21H30N2O3S/c1-16(8-6-7-13-22-18-9-4-3-5-10-18)23-15-20(25)17-11-12-19(24)21(14-17)27(2)26/h3-5,9-12,14,16,20,22-25H,6-8,13,15H2,1-2H3. The first-order chi connectivity index (χ1) is 13.0. The van der Waals surface area contributed by atoms with Crippen LogP contribution >= 0.6 is 0 Å². The van der Waals surface area contributed by atoms with Crippen molar-refractivity contribution in [2.75, 3.05) is 24.7 Å². The van der Waals surface area contributed by atoms with Gasteiger partial charge in [-0.15, -0.1) is 0 Å². The van der Waals surface area contributed by atoms with Gasteiger partial charge in [-0.1, -0.05) is 30.7 Å². The third kappa shape index (κ3) is 7.42. The van der Waals surface area contributed by atoms with Crippen LogP contribution in [0.5, 0.6) is 5.75 Å². The first-order valence-corrected chi connectivity index (χ1v) is 10.9. The average molecular weight is 391 g/mol. The highest BCUT2D eigenvalue weighted by Gasteiger charge is 2.16. The van der Waals surface area contributed by atoms with Gasteiger partial charge in [-0.3, -0.25) is 0 Å². The predicted octanol–water partition coefficient (Wildman–Crippen LogP) is 3.42. The molecule has 6 heteroatoms. The molecule has 0 spiro atoms. The second kappa shape index (κ2) is 11.2. The molecule has 0 saturated heterocycles. The van der Waals surface area contributed by atoms with Gasteiger partial charge in [0.15, 0.2) is 10.6 Å². The van der Waals surface area contributed by atoms with Gasteiger partial charge >= 0.3 is 0 Å². The van der Waals surface area contributed by atoms with Crippen molar-refractivity contribution in [2.45, 2.75) is 43.2 Å². The van der Waals surface area contributed by atoms with Crippen LogP contribution in [0.3, 0.4) is 0 Å². The zero-order valence-electron chi connectivity index (χ0n) is 16.0. The van der Waals surface area contributed by atoms with Crippen molar-refractivity contribution in [1.29, 1.82) is 0 Å². The Bertz CT molecular complexity index is 682. The highest BCUT2D eigenvalue weighted by atomic mass is 32.2. The maximum atomic E-state index is 11.6. The Hall–Kier alpha value is -1.73. The van der Waals surface area contributed by atoms with Gasteiger partial charge in [0.25, 0.3) is 0 Å². The Kier molecular flexibility index (Phi) is 8.94. The van der Waals surface area contributed by atoms with E-state index in [1.165, 1.54) is 12.3 Å². The molecule has 0 fully saturated rings. The molecule has 0 aromatic heterocycles. The van der Waals surface area contributed by atoms with Crippen LogP contribution in [0, 0.1) is 0 Å². The Morgan fingerprint density at radius 1 is 1.11 bits per heavy atom. The Morgan fingerprint density at radius 3 is 2.56 bits per heavy atom. The van der Waals surface area contributed by atoms with Crippen molar-refractivity contribution >= 4 is 16.9 Å². The number of para-hydroxylation sites is 1. The molecule has 27 heavy (non-hydrogen) atoms. The predicted molar refractivity (Wildman–Crippen MR) is 112 cm³/mol. The van der Waals surface area contributed by atoms with Crippen molar-refractivity contribution in [3.63, 3.8) is 0 Å². The number of anilines is 1. The molecule has 0 amide bonds. The SMILES string of the molecule is CC(CCCCNc1ccccc1)NCC(O)c1ccc(O)c([S+](C)[O-])c1. The highest BCUT2D eigenvalue weighted by Crippen LogP contribution is 2.26. The largest absolute Gasteiger partial charge is 0.612 e. The Balaban J connectivity index is 1.66. The van der Waals surface area contributed by atoms with Gasteiger partial charge in [0.1, 0.15) is 6.26 Å². The molecule has 2 rings (SSSR count). The number of phenolic OH excluding ortho intramolecular Hbond substituents is 1. The fourth-order valence-corrected chi connectivity index (χ4v) is 3.53. The zero-order valence-corrected chi connectivity index (χ0v) is 16.8. The van der Waals surface area contributed by atoms with Crippen LogP contribution in [-0.2, 0) is 11.2 Å². The van der Waals surface area contributed by atoms with E-state index in [1.807, 2.05) is 18.2 Å². The van der Waals surface area contributed by atoms with E-state index in [-0.39, 0.29) is 5.75 Å². The van der Waals surface area contributed by atoms with Gasteiger partial charge in [0, 0.05) is 30.9 Å². The number of phenols is 1. The van der Waals surface area contributed by atoms with Crippen molar-refractivity contribution in [1.82, 2.24) is 5.32 Å². The normalized spacial score (nSPS) is 14.5. The molecular weight excluding hydrogens is 360 g/mol. The summed E-state index contributed by atoms with van der Waals surface area (Å²) in [6, 6.07) is 15.2. The summed E-state index contributed by atoms with van der Waals surface area (Å²) >= 11 is -1.29. The van der Waals surface area contributed by atoms with Crippen molar-refractivity contribution in [3.05, 3.63) is 54.1 Å². The Labute approximate surface area is 165 Å².